The highest BCUT2D eigenvalue weighted by molar-refractivity contribution is 6.61. The van der Waals surface area contributed by atoms with Gasteiger partial charge in [0.1, 0.15) is 0 Å². The molecule has 3 fully saturated rings. The van der Waals surface area contributed by atoms with Crippen LogP contribution in [0.25, 0.3) is 0 Å². The van der Waals surface area contributed by atoms with Crippen LogP contribution in [0, 0.1) is 0 Å². The lowest BCUT2D eigenvalue weighted by molar-refractivity contribution is 0.00578. The fourth-order valence-corrected chi connectivity index (χ4v) is 4.11. The fraction of sp³-hybridized carbons (Fsp3) is 0.800. The van der Waals surface area contributed by atoms with E-state index in [1.165, 1.54) is 25.7 Å². The Morgan fingerprint density at radius 1 is 1.14 bits per heavy atom. The van der Waals surface area contributed by atoms with Crippen LogP contribution >= 0.6 is 0 Å². The molecule has 7 nitrogen and oxygen atoms in total. The Kier molecular flexibility index (Phi) is 5.42. The molecule has 1 atom stereocenters. The topological polar surface area (TPSA) is 71.0 Å². The normalized spacial score (nSPS) is 26.8. The Hall–Kier alpha value is -1.22. The quantitative estimate of drug-likeness (QED) is 0.704. The number of hydrogen-bond acceptors (Lipinski definition) is 7. The minimum absolute atomic E-state index is 0.221. The van der Waals surface area contributed by atoms with Gasteiger partial charge in [-0.2, -0.15) is 0 Å². The maximum atomic E-state index is 9.32. The lowest BCUT2D eigenvalue weighted by atomic mass is 9.81. The van der Waals surface area contributed by atoms with Gasteiger partial charge in [-0.05, 0) is 59.9 Å². The molecule has 2 saturated heterocycles. The van der Waals surface area contributed by atoms with Crippen molar-refractivity contribution in [3.8, 4) is 0 Å². The molecular formula is C20H33BN4O3. The van der Waals surface area contributed by atoms with Crippen molar-refractivity contribution < 1.29 is 14.4 Å². The van der Waals surface area contributed by atoms with E-state index in [2.05, 4.69) is 47.5 Å². The summed E-state index contributed by atoms with van der Waals surface area (Å²) >= 11 is 0. The predicted molar refractivity (Wildman–Crippen MR) is 110 cm³/mol. The van der Waals surface area contributed by atoms with Gasteiger partial charge in [-0.15, -0.1) is 0 Å². The van der Waals surface area contributed by atoms with Gasteiger partial charge in [0.05, 0.1) is 17.8 Å². The summed E-state index contributed by atoms with van der Waals surface area (Å²) in [6, 6.07) is 1.01. The van der Waals surface area contributed by atoms with E-state index >= 15 is 0 Å². The van der Waals surface area contributed by atoms with Crippen LogP contribution in [0.3, 0.4) is 0 Å². The minimum Gasteiger partial charge on any atom is -0.399 e. The van der Waals surface area contributed by atoms with Crippen molar-refractivity contribution in [2.45, 2.75) is 76.7 Å². The zero-order chi connectivity index (χ0) is 19.9. The number of β-amino-alcohol motifs (C(OH)–C–C–N with tert-alkyl or cyclic N) is 1. The molecule has 1 saturated carbocycles. The number of nitrogens with zero attached hydrogens (tertiary/aromatic N) is 4. The average Bonchev–Trinajstić information content (AvgIpc) is 3.34. The molecule has 1 aliphatic carbocycles. The molecule has 3 heterocycles. The molecule has 0 radical (unpaired) electrons. The number of aliphatic hydroxyl groups is 1. The van der Waals surface area contributed by atoms with Crippen molar-refractivity contribution in [3.05, 3.63) is 12.4 Å². The van der Waals surface area contributed by atoms with E-state index in [-0.39, 0.29) is 17.8 Å². The predicted octanol–water partition coefficient (Wildman–Crippen LogP) is 1.20. The van der Waals surface area contributed by atoms with Gasteiger partial charge in [-0.25, -0.2) is 9.97 Å². The smallest absolute Gasteiger partial charge is 0.399 e. The third-order valence-corrected chi connectivity index (χ3v) is 6.72. The summed E-state index contributed by atoms with van der Waals surface area (Å²) in [6.07, 6.45) is 8.48. The maximum Gasteiger partial charge on any atom is 0.498 e. The Morgan fingerprint density at radius 2 is 1.79 bits per heavy atom. The van der Waals surface area contributed by atoms with Gasteiger partial charge >= 0.3 is 7.12 Å². The third kappa shape index (κ3) is 3.92. The second-order valence-electron chi connectivity index (χ2n) is 9.34. The number of aromatic nitrogens is 2. The molecule has 0 amide bonds. The van der Waals surface area contributed by atoms with Crippen LogP contribution in [0.15, 0.2) is 12.4 Å². The molecule has 2 aliphatic heterocycles. The molecule has 0 aromatic carbocycles. The van der Waals surface area contributed by atoms with Crippen LogP contribution in [-0.4, -0.2) is 76.6 Å². The summed E-state index contributed by atoms with van der Waals surface area (Å²) in [5, 5.41) is 9.32. The first-order chi connectivity index (χ1) is 13.3. The third-order valence-electron chi connectivity index (χ3n) is 6.72. The molecular weight excluding hydrogens is 355 g/mol. The van der Waals surface area contributed by atoms with Crippen molar-refractivity contribution in [1.29, 1.82) is 0 Å². The van der Waals surface area contributed by atoms with Crippen LogP contribution in [0.4, 0.5) is 5.95 Å². The Balaban J connectivity index is 1.46. The highest BCUT2D eigenvalue weighted by Crippen LogP contribution is 2.36. The summed E-state index contributed by atoms with van der Waals surface area (Å²) in [7, 11) is -0.427. The first kappa shape index (κ1) is 20.1. The van der Waals surface area contributed by atoms with Crippen molar-refractivity contribution in [1.82, 2.24) is 14.9 Å². The number of rotatable bonds is 7. The second kappa shape index (κ2) is 7.56. The van der Waals surface area contributed by atoms with Gasteiger partial charge in [-0.3, -0.25) is 4.90 Å². The lowest BCUT2D eigenvalue weighted by Gasteiger charge is -2.32. The van der Waals surface area contributed by atoms with Gasteiger partial charge in [0.25, 0.3) is 0 Å². The molecule has 1 N–H and O–H groups in total. The SMILES string of the molecule is CC1(C)OB(c2cnc(N(CC3CCCN3CCO)C3CC3)nc2)OC1(C)C. The summed E-state index contributed by atoms with van der Waals surface area (Å²) in [6.45, 7) is 11.2. The van der Waals surface area contributed by atoms with Gasteiger partial charge in [0.2, 0.25) is 5.95 Å². The van der Waals surface area contributed by atoms with Gasteiger partial charge in [0.15, 0.2) is 0 Å². The van der Waals surface area contributed by atoms with Gasteiger partial charge in [-0.1, -0.05) is 0 Å². The standard InChI is InChI=1S/C20H33BN4O3/c1-19(2)20(3,4)28-21(27-19)15-12-22-18(23-13-15)25(16-7-8-16)14-17-6-5-9-24(17)10-11-26/h12-13,16-17,26H,5-11,14H2,1-4H3. The van der Waals surface area contributed by atoms with E-state index in [4.69, 9.17) is 9.31 Å². The number of aliphatic hydroxyl groups excluding tert-OH is 1. The molecule has 1 aromatic heterocycles. The molecule has 0 spiro atoms. The Bertz CT molecular complexity index is 665. The first-order valence-electron chi connectivity index (χ1n) is 10.6. The summed E-state index contributed by atoms with van der Waals surface area (Å²) < 4.78 is 12.2. The van der Waals surface area contributed by atoms with Gasteiger partial charge < -0.3 is 19.3 Å². The summed E-state index contributed by atoms with van der Waals surface area (Å²) in [5.74, 6) is 0.790. The monoisotopic (exact) mass is 388 g/mol. The average molecular weight is 388 g/mol. The van der Waals surface area contributed by atoms with Crippen LogP contribution < -0.4 is 10.4 Å². The van der Waals surface area contributed by atoms with E-state index in [1.807, 2.05) is 12.4 Å². The summed E-state index contributed by atoms with van der Waals surface area (Å²) in [5.41, 5.74) is 0.130. The molecule has 0 bridgehead atoms. The number of anilines is 1. The van der Waals surface area contributed by atoms with Crippen molar-refractivity contribution in [3.63, 3.8) is 0 Å². The fourth-order valence-electron chi connectivity index (χ4n) is 4.11. The second-order valence-corrected chi connectivity index (χ2v) is 9.34. The van der Waals surface area contributed by atoms with Crippen molar-refractivity contribution in [2.75, 3.05) is 31.1 Å². The van der Waals surface area contributed by atoms with E-state index in [0.29, 0.717) is 12.1 Å². The Labute approximate surface area is 168 Å². The molecule has 1 unspecified atom stereocenters. The zero-order valence-electron chi connectivity index (χ0n) is 17.6. The molecule has 154 valence electrons. The van der Waals surface area contributed by atoms with Crippen LogP contribution in [0.5, 0.6) is 0 Å². The largest absolute Gasteiger partial charge is 0.498 e. The van der Waals surface area contributed by atoms with E-state index in [0.717, 1.165) is 31.0 Å². The van der Waals surface area contributed by atoms with Crippen LogP contribution in [-0.2, 0) is 9.31 Å². The molecule has 4 rings (SSSR count). The minimum atomic E-state index is -0.427. The molecule has 28 heavy (non-hydrogen) atoms. The zero-order valence-corrected chi connectivity index (χ0v) is 17.6. The molecule has 1 aromatic rings. The van der Waals surface area contributed by atoms with Crippen molar-refractivity contribution in [2.24, 2.45) is 0 Å². The Morgan fingerprint density at radius 3 is 2.36 bits per heavy atom. The lowest BCUT2D eigenvalue weighted by Crippen LogP contribution is -2.43. The number of likely N-dealkylation sites (tertiary alicyclic amines) is 1. The van der Waals surface area contributed by atoms with Crippen molar-refractivity contribution >= 4 is 18.5 Å². The molecule has 8 heteroatoms. The highest BCUT2D eigenvalue weighted by Gasteiger charge is 2.52. The van der Waals surface area contributed by atoms with E-state index in [9.17, 15) is 5.11 Å². The first-order valence-corrected chi connectivity index (χ1v) is 10.6. The van der Waals surface area contributed by atoms with Crippen LogP contribution in [0.2, 0.25) is 0 Å². The maximum absolute atomic E-state index is 9.32. The van der Waals surface area contributed by atoms with E-state index in [1.54, 1.807) is 0 Å². The highest BCUT2D eigenvalue weighted by atomic mass is 16.7. The van der Waals surface area contributed by atoms with E-state index < -0.39 is 7.12 Å². The summed E-state index contributed by atoms with van der Waals surface area (Å²) in [4.78, 5) is 14.1. The molecule has 3 aliphatic rings. The van der Waals surface area contributed by atoms with Crippen LogP contribution in [0.1, 0.15) is 53.4 Å². The van der Waals surface area contributed by atoms with Gasteiger partial charge in [0, 0.05) is 43.0 Å². The number of hydrogen-bond donors (Lipinski definition) is 1.